The van der Waals surface area contributed by atoms with Crippen molar-refractivity contribution in [2.24, 2.45) is 5.73 Å². The van der Waals surface area contributed by atoms with E-state index in [1.165, 1.54) is 6.33 Å². The standard InChI is InChI=1S/C19H21N5O2/c1-11-5-4-6-14(9-11)23-16(25)8-7-15-12(2)22-19-17(18(20)26)21-10-24(19)13(15)3/h4-6,9-10H,7-8H2,1-3H3,(H2,20,26)(H,23,25). The number of carbonyl (C=O) groups excluding carboxylic acids is 2. The molecule has 2 aromatic heterocycles. The van der Waals surface area contributed by atoms with Crippen molar-refractivity contribution in [3.05, 3.63) is 58.8 Å². The van der Waals surface area contributed by atoms with Gasteiger partial charge in [-0.25, -0.2) is 9.97 Å². The minimum atomic E-state index is -0.607. The van der Waals surface area contributed by atoms with Crippen molar-refractivity contribution < 1.29 is 9.59 Å². The maximum Gasteiger partial charge on any atom is 0.271 e. The van der Waals surface area contributed by atoms with Gasteiger partial charge in [-0.15, -0.1) is 0 Å². The molecule has 2 amide bonds. The van der Waals surface area contributed by atoms with Crippen LogP contribution in [-0.2, 0) is 11.2 Å². The van der Waals surface area contributed by atoms with Crippen molar-refractivity contribution in [3.63, 3.8) is 0 Å². The first kappa shape index (κ1) is 17.6. The average Bonchev–Trinajstić information content (AvgIpc) is 2.98. The Bertz CT molecular complexity index is 1010. The van der Waals surface area contributed by atoms with E-state index < -0.39 is 5.91 Å². The molecule has 0 bridgehead atoms. The van der Waals surface area contributed by atoms with Crippen LogP contribution in [0.15, 0.2) is 30.6 Å². The first-order valence-corrected chi connectivity index (χ1v) is 8.36. The van der Waals surface area contributed by atoms with E-state index in [1.807, 2.05) is 45.0 Å². The number of nitrogens with zero attached hydrogens (tertiary/aromatic N) is 3. The molecule has 0 spiro atoms. The number of amides is 2. The lowest BCUT2D eigenvalue weighted by molar-refractivity contribution is -0.116. The number of benzene rings is 1. The van der Waals surface area contributed by atoms with Crippen LogP contribution >= 0.6 is 0 Å². The molecule has 0 unspecified atom stereocenters. The fourth-order valence-electron chi connectivity index (χ4n) is 3.05. The Balaban J connectivity index is 1.78. The monoisotopic (exact) mass is 351 g/mol. The van der Waals surface area contributed by atoms with Crippen LogP contribution in [-0.4, -0.2) is 26.2 Å². The smallest absolute Gasteiger partial charge is 0.271 e. The van der Waals surface area contributed by atoms with Gasteiger partial charge in [-0.1, -0.05) is 12.1 Å². The number of nitrogens with one attached hydrogen (secondary N) is 1. The van der Waals surface area contributed by atoms with Gasteiger partial charge >= 0.3 is 0 Å². The third-order valence-electron chi connectivity index (χ3n) is 4.39. The Hall–Kier alpha value is -3.22. The van der Waals surface area contributed by atoms with E-state index in [-0.39, 0.29) is 11.6 Å². The largest absolute Gasteiger partial charge is 0.364 e. The maximum absolute atomic E-state index is 12.3. The molecule has 0 fully saturated rings. The van der Waals surface area contributed by atoms with Crippen LogP contribution in [0, 0.1) is 20.8 Å². The lowest BCUT2D eigenvalue weighted by Gasteiger charge is -2.12. The number of primary amides is 1. The number of aryl methyl sites for hydroxylation is 3. The van der Waals surface area contributed by atoms with Gasteiger partial charge < -0.3 is 11.1 Å². The molecule has 1 aromatic carbocycles. The van der Waals surface area contributed by atoms with Gasteiger partial charge in [0.1, 0.15) is 6.33 Å². The van der Waals surface area contributed by atoms with E-state index in [0.29, 0.717) is 18.5 Å². The molecule has 3 aromatic rings. The highest BCUT2D eigenvalue weighted by molar-refractivity contribution is 5.96. The molecule has 0 aliphatic rings. The number of rotatable bonds is 5. The van der Waals surface area contributed by atoms with Gasteiger partial charge in [0.25, 0.3) is 5.91 Å². The lowest BCUT2D eigenvalue weighted by atomic mass is 10.1. The first-order chi connectivity index (χ1) is 12.4. The zero-order chi connectivity index (χ0) is 18.8. The third-order valence-corrected chi connectivity index (χ3v) is 4.39. The molecule has 134 valence electrons. The number of anilines is 1. The minimum Gasteiger partial charge on any atom is -0.364 e. The third kappa shape index (κ3) is 3.42. The van der Waals surface area contributed by atoms with Crippen LogP contribution in [0.2, 0.25) is 0 Å². The predicted octanol–water partition coefficient (Wildman–Crippen LogP) is 2.32. The van der Waals surface area contributed by atoms with E-state index in [4.69, 9.17) is 5.73 Å². The van der Waals surface area contributed by atoms with Crippen LogP contribution in [0.4, 0.5) is 5.69 Å². The van der Waals surface area contributed by atoms with Gasteiger partial charge in [0.05, 0.1) is 0 Å². The molecule has 0 aliphatic heterocycles. The van der Waals surface area contributed by atoms with Crippen molar-refractivity contribution in [3.8, 4) is 0 Å². The van der Waals surface area contributed by atoms with Crippen molar-refractivity contribution in [2.45, 2.75) is 33.6 Å². The maximum atomic E-state index is 12.3. The Morgan fingerprint density at radius 2 is 2.00 bits per heavy atom. The summed E-state index contributed by atoms with van der Waals surface area (Å²) in [5.41, 5.74) is 10.4. The number of imidazole rings is 1. The molecule has 2 heterocycles. The fourth-order valence-corrected chi connectivity index (χ4v) is 3.05. The number of hydrogen-bond donors (Lipinski definition) is 2. The first-order valence-electron chi connectivity index (χ1n) is 8.36. The zero-order valence-electron chi connectivity index (χ0n) is 15.0. The van der Waals surface area contributed by atoms with Gasteiger partial charge in [-0.2, -0.15) is 0 Å². The molecule has 0 saturated carbocycles. The Kier molecular flexibility index (Phi) is 4.71. The molecule has 0 atom stereocenters. The van der Waals surface area contributed by atoms with Crippen molar-refractivity contribution in [2.75, 3.05) is 5.32 Å². The Morgan fingerprint density at radius 1 is 1.23 bits per heavy atom. The van der Waals surface area contributed by atoms with E-state index >= 15 is 0 Å². The highest BCUT2D eigenvalue weighted by atomic mass is 16.2. The summed E-state index contributed by atoms with van der Waals surface area (Å²) < 4.78 is 1.74. The molecule has 7 nitrogen and oxygen atoms in total. The van der Waals surface area contributed by atoms with Crippen LogP contribution in [0.1, 0.15) is 39.4 Å². The summed E-state index contributed by atoms with van der Waals surface area (Å²) in [5.74, 6) is -0.665. The molecular weight excluding hydrogens is 330 g/mol. The molecule has 26 heavy (non-hydrogen) atoms. The molecule has 0 aliphatic carbocycles. The number of hydrogen-bond acceptors (Lipinski definition) is 4. The van der Waals surface area contributed by atoms with Gasteiger partial charge in [0, 0.05) is 23.5 Å². The topological polar surface area (TPSA) is 102 Å². The SMILES string of the molecule is Cc1cccc(NC(=O)CCc2c(C)nc3c(C(N)=O)ncn3c2C)c1. The highest BCUT2D eigenvalue weighted by Gasteiger charge is 2.17. The second-order valence-corrected chi connectivity index (χ2v) is 6.33. The van der Waals surface area contributed by atoms with E-state index in [0.717, 1.165) is 28.2 Å². The number of fused-ring (bicyclic) bond motifs is 1. The number of nitrogens with two attached hydrogens (primary N) is 1. The number of aromatic nitrogens is 3. The van der Waals surface area contributed by atoms with Crippen molar-refractivity contribution in [1.29, 1.82) is 0 Å². The molecule has 3 rings (SSSR count). The summed E-state index contributed by atoms with van der Waals surface area (Å²) in [6.45, 7) is 5.76. The summed E-state index contributed by atoms with van der Waals surface area (Å²) >= 11 is 0. The van der Waals surface area contributed by atoms with E-state index in [1.54, 1.807) is 4.40 Å². The quantitative estimate of drug-likeness (QED) is 0.736. The minimum absolute atomic E-state index is 0.0575. The molecular formula is C19H21N5O2. The normalized spacial score (nSPS) is 10.9. The molecule has 7 heteroatoms. The summed E-state index contributed by atoms with van der Waals surface area (Å²) in [5, 5.41) is 2.91. The van der Waals surface area contributed by atoms with Crippen LogP contribution in [0.3, 0.4) is 0 Å². The summed E-state index contributed by atoms with van der Waals surface area (Å²) in [4.78, 5) is 32.2. The summed E-state index contributed by atoms with van der Waals surface area (Å²) in [6, 6.07) is 7.69. The van der Waals surface area contributed by atoms with Gasteiger partial charge in [-0.05, 0) is 50.5 Å². The van der Waals surface area contributed by atoms with Crippen molar-refractivity contribution in [1.82, 2.24) is 14.4 Å². The zero-order valence-corrected chi connectivity index (χ0v) is 15.0. The van der Waals surface area contributed by atoms with Gasteiger partial charge in [-0.3, -0.25) is 14.0 Å². The fraction of sp³-hybridized carbons (Fsp3) is 0.263. The van der Waals surface area contributed by atoms with E-state index in [9.17, 15) is 9.59 Å². The second-order valence-electron chi connectivity index (χ2n) is 6.33. The highest BCUT2D eigenvalue weighted by Crippen LogP contribution is 2.19. The second kappa shape index (κ2) is 6.95. The summed E-state index contributed by atoms with van der Waals surface area (Å²) in [7, 11) is 0. The summed E-state index contributed by atoms with van der Waals surface area (Å²) in [6.07, 6.45) is 2.41. The molecule has 3 N–H and O–H groups in total. The van der Waals surface area contributed by atoms with Crippen LogP contribution < -0.4 is 11.1 Å². The predicted molar refractivity (Wildman–Crippen MR) is 99.1 cm³/mol. The molecule has 0 radical (unpaired) electrons. The molecule has 0 saturated heterocycles. The van der Waals surface area contributed by atoms with Crippen LogP contribution in [0.25, 0.3) is 5.65 Å². The Morgan fingerprint density at radius 3 is 2.69 bits per heavy atom. The Labute approximate surface area is 151 Å². The van der Waals surface area contributed by atoms with Crippen LogP contribution in [0.5, 0.6) is 0 Å². The van der Waals surface area contributed by atoms with Gasteiger partial charge in [0.2, 0.25) is 5.91 Å². The number of carbonyl (C=O) groups is 2. The van der Waals surface area contributed by atoms with E-state index in [2.05, 4.69) is 15.3 Å². The van der Waals surface area contributed by atoms with Crippen molar-refractivity contribution >= 4 is 23.1 Å². The van der Waals surface area contributed by atoms with Gasteiger partial charge in [0.15, 0.2) is 11.3 Å². The average molecular weight is 351 g/mol. The lowest BCUT2D eigenvalue weighted by Crippen LogP contribution is -2.15.